The number of hydrogen-bond acceptors (Lipinski definition) is 1. The fourth-order valence-electron chi connectivity index (χ4n) is 1.82. The van der Waals surface area contributed by atoms with Crippen molar-refractivity contribution in [1.82, 2.24) is 9.55 Å². The van der Waals surface area contributed by atoms with Crippen molar-refractivity contribution >= 4 is 0 Å². The van der Waals surface area contributed by atoms with Gasteiger partial charge in [-0.1, -0.05) is 26.7 Å². The van der Waals surface area contributed by atoms with E-state index in [1.165, 1.54) is 0 Å². The van der Waals surface area contributed by atoms with Crippen molar-refractivity contribution in [1.29, 1.82) is 0 Å². The standard InChI is InChI=1S/C11H19FN2/c1-3-5-10(6-4-2)11(12)14-8-7-13-9-14/h7-11H,3-6H2,1-2H3. The molecule has 1 aromatic rings. The summed E-state index contributed by atoms with van der Waals surface area (Å²) in [5.74, 6) is 0.138. The molecule has 0 amide bonds. The Labute approximate surface area is 85.2 Å². The van der Waals surface area contributed by atoms with Crippen LogP contribution in [0, 0.1) is 5.92 Å². The Hall–Kier alpha value is -0.860. The average molecular weight is 198 g/mol. The van der Waals surface area contributed by atoms with Gasteiger partial charge in [-0.25, -0.2) is 9.37 Å². The highest BCUT2D eigenvalue weighted by Crippen LogP contribution is 2.28. The van der Waals surface area contributed by atoms with E-state index in [9.17, 15) is 4.39 Å². The summed E-state index contributed by atoms with van der Waals surface area (Å²) in [7, 11) is 0. The van der Waals surface area contributed by atoms with Crippen molar-refractivity contribution in [3.8, 4) is 0 Å². The van der Waals surface area contributed by atoms with E-state index in [1.807, 2.05) is 0 Å². The van der Waals surface area contributed by atoms with Gasteiger partial charge in [0.1, 0.15) is 0 Å². The van der Waals surface area contributed by atoms with E-state index in [0.717, 1.165) is 25.7 Å². The zero-order valence-electron chi connectivity index (χ0n) is 8.99. The number of alkyl halides is 1. The lowest BCUT2D eigenvalue weighted by molar-refractivity contribution is 0.132. The molecule has 0 aliphatic heterocycles. The Morgan fingerprint density at radius 2 is 1.93 bits per heavy atom. The highest BCUT2D eigenvalue weighted by Gasteiger charge is 2.20. The van der Waals surface area contributed by atoms with Crippen molar-refractivity contribution in [2.75, 3.05) is 0 Å². The van der Waals surface area contributed by atoms with Gasteiger partial charge in [0.25, 0.3) is 0 Å². The second-order valence-corrected chi connectivity index (χ2v) is 3.72. The predicted octanol–water partition coefficient (Wildman–Crippen LogP) is 3.57. The lowest BCUT2D eigenvalue weighted by atomic mass is 9.97. The molecule has 0 fully saturated rings. The van der Waals surface area contributed by atoms with Gasteiger partial charge in [-0.05, 0) is 12.8 Å². The summed E-state index contributed by atoms with van der Waals surface area (Å²) < 4.78 is 15.5. The molecule has 0 saturated heterocycles. The molecule has 0 aromatic carbocycles. The lowest BCUT2D eigenvalue weighted by Crippen LogP contribution is -2.14. The topological polar surface area (TPSA) is 17.8 Å². The molecule has 14 heavy (non-hydrogen) atoms. The van der Waals surface area contributed by atoms with Crippen LogP contribution < -0.4 is 0 Å². The van der Waals surface area contributed by atoms with Crippen LogP contribution in [-0.4, -0.2) is 9.55 Å². The van der Waals surface area contributed by atoms with Crippen molar-refractivity contribution in [2.45, 2.75) is 45.8 Å². The molecule has 0 radical (unpaired) electrons. The van der Waals surface area contributed by atoms with E-state index in [2.05, 4.69) is 18.8 Å². The van der Waals surface area contributed by atoms with Gasteiger partial charge in [-0.2, -0.15) is 0 Å². The summed E-state index contributed by atoms with van der Waals surface area (Å²) in [6.45, 7) is 4.20. The summed E-state index contributed by atoms with van der Waals surface area (Å²) >= 11 is 0. The van der Waals surface area contributed by atoms with Crippen LogP contribution in [-0.2, 0) is 0 Å². The van der Waals surface area contributed by atoms with Crippen LogP contribution in [0.5, 0.6) is 0 Å². The summed E-state index contributed by atoms with van der Waals surface area (Å²) in [5.41, 5.74) is 0. The predicted molar refractivity (Wildman–Crippen MR) is 55.7 cm³/mol. The molecule has 0 aliphatic rings. The maximum atomic E-state index is 13.9. The molecule has 1 rings (SSSR count). The SMILES string of the molecule is CCCC(CCC)C(F)n1ccnc1. The molecule has 1 aromatic heterocycles. The number of imidazole rings is 1. The van der Waals surface area contributed by atoms with Crippen molar-refractivity contribution < 1.29 is 4.39 Å². The van der Waals surface area contributed by atoms with Crippen LogP contribution in [0.15, 0.2) is 18.7 Å². The van der Waals surface area contributed by atoms with Gasteiger partial charge < -0.3 is 4.57 Å². The number of aromatic nitrogens is 2. The molecule has 0 aliphatic carbocycles. The van der Waals surface area contributed by atoms with E-state index in [-0.39, 0.29) is 5.92 Å². The summed E-state index contributed by atoms with van der Waals surface area (Å²) in [5, 5.41) is 0. The fourth-order valence-corrected chi connectivity index (χ4v) is 1.82. The molecule has 1 heterocycles. The quantitative estimate of drug-likeness (QED) is 0.683. The number of nitrogens with zero attached hydrogens (tertiary/aromatic N) is 2. The second kappa shape index (κ2) is 5.78. The van der Waals surface area contributed by atoms with Gasteiger partial charge in [-0.3, -0.25) is 0 Å². The Morgan fingerprint density at radius 3 is 2.36 bits per heavy atom. The highest BCUT2D eigenvalue weighted by molar-refractivity contribution is 4.79. The molecule has 1 atom stereocenters. The third kappa shape index (κ3) is 2.82. The average Bonchev–Trinajstić information content (AvgIpc) is 2.69. The molecular weight excluding hydrogens is 179 g/mol. The van der Waals surface area contributed by atoms with E-state index in [4.69, 9.17) is 0 Å². The number of rotatable bonds is 6. The Morgan fingerprint density at radius 1 is 1.29 bits per heavy atom. The maximum Gasteiger partial charge on any atom is 0.179 e. The minimum Gasteiger partial charge on any atom is -0.306 e. The van der Waals surface area contributed by atoms with Gasteiger partial charge >= 0.3 is 0 Å². The molecule has 80 valence electrons. The molecule has 0 saturated carbocycles. The molecule has 0 bridgehead atoms. The highest BCUT2D eigenvalue weighted by atomic mass is 19.1. The Balaban J connectivity index is 2.58. The molecule has 1 unspecified atom stereocenters. The Bertz CT molecular complexity index is 227. The van der Waals surface area contributed by atoms with Crippen LogP contribution in [0.2, 0.25) is 0 Å². The monoisotopic (exact) mass is 198 g/mol. The van der Waals surface area contributed by atoms with Crippen molar-refractivity contribution in [2.24, 2.45) is 5.92 Å². The number of halogens is 1. The first kappa shape index (κ1) is 11.2. The van der Waals surface area contributed by atoms with Gasteiger partial charge in [-0.15, -0.1) is 0 Å². The third-order valence-electron chi connectivity index (χ3n) is 2.52. The fraction of sp³-hybridized carbons (Fsp3) is 0.727. The summed E-state index contributed by atoms with van der Waals surface area (Å²) in [6.07, 6.45) is 7.96. The van der Waals surface area contributed by atoms with Crippen molar-refractivity contribution in [3.63, 3.8) is 0 Å². The van der Waals surface area contributed by atoms with E-state index in [1.54, 1.807) is 23.3 Å². The largest absolute Gasteiger partial charge is 0.306 e. The first-order chi connectivity index (χ1) is 6.79. The van der Waals surface area contributed by atoms with Gasteiger partial charge in [0.15, 0.2) is 6.30 Å². The molecule has 0 N–H and O–H groups in total. The van der Waals surface area contributed by atoms with Gasteiger partial charge in [0, 0.05) is 18.3 Å². The molecule has 3 heteroatoms. The second-order valence-electron chi connectivity index (χ2n) is 3.72. The van der Waals surface area contributed by atoms with Crippen LogP contribution in [0.25, 0.3) is 0 Å². The summed E-state index contributed by atoms with van der Waals surface area (Å²) in [4.78, 5) is 3.87. The number of hydrogen-bond donors (Lipinski definition) is 0. The van der Waals surface area contributed by atoms with E-state index >= 15 is 0 Å². The van der Waals surface area contributed by atoms with E-state index < -0.39 is 6.30 Å². The van der Waals surface area contributed by atoms with Gasteiger partial charge in [0.2, 0.25) is 0 Å². The van der Waals surface area contributed by atoms with Crippen LogP contribution in [0.1, 0.15) is 45.8 Å². The third-order valence-corrected chi connectivity index (χ3v) is 2.52. The zero-order valence-corrected chi connectivity index (χ0v) is 8.99. The van der Waals surface area contributed by atoms with Gasteiger partial charge in [0.05, 0.1) is 6.33 Å². The molecule has 2 nitrogen and oxygen atoms in total. The first-order valence-corrected chi connectivity index (χ1v) is 5.41. The van der Waals surface area contributed by atoms with Crippen LogP contribution in [0.3, 0.4) is 0 Å². The molecular formula is C11H19FN2. The lowest BCUT2D eigenvalue weighted by Gasteiger charge is -2.20. The van der Waals surface area contributed by atoms with Crippen LogP contribution >= 0.6 is 0 Å². The Kier molecular flexibility index (Phi) is 4.63. The van der Waals surface area contributed by atoms with Crippen LogP contribution in [0.4, 0.5) is 4.39 Å². The first-order valence-electron chi connectivity index (χ1n) is 5.41. The minimum atomic E-state index is -0.905. The smallest absolute Gasteiger partial charge is 0.179 e. The normalized spacial score (nSPS) is 13.4. The summed E-state index contributed by atoms with van der Waals surface area (Å²) in [6, 6.07) is 0. The van der Waals surface area contributed by atoms with Crippen molar-refractivity contribution in [3.05, 3.63) is 18.7 Å². The maximum absolute atomic E-state index is 13.9. The zero-order chi connectivity index (χ0) is 10.4. The minimum absolute atomic E-state index is 0.138. The van der Waals surface area contributed by atoms with E-state index in [0.29, 0.717) is 0 Å². The molecule has 0 spiro atoms.